The van der Waals surface area contributed by atoms with Gasteiger partial charge in [-0.2, -0.15) is 5.10 Å². The lowest BCUT2D eigenvalue weighted by Crippen LogP contribution is -2.26. The number of hydrogen-bond acceptors (Lipinski definition) is 4. The van der Waals surface area contributed by atoms with Crippen LogP contribution in [0.15, 0.2) is 64.1 Å². The minimum Gasteiger partial charge on any atom is -0.455 e. The molecule has 0 radical (unpaired) electrons. The monoisotopic (exact) mass is 452 g/mol. The Hall–Kier alpha value is -3.16. The molecule has 0 unspecified atom stereocenters. The van der Waals surface area contributed by atoms with E-state index in [2.05, 4.69) is 21.2 Å². The van der Waals surface area contributed by atoms with Crippen LogP contribution in [0, 0.1) is 6.92 Å². The fourth-order valence-corrected chi connectivity index (χ4v) is 3.88. The van der Waals surface area contributed by atoms with Gasteiger partial charge in [-0.25, -0.2) is 0 Å². The molecule has 0 bridgehead atoms. The van der Waals surface area contributed by atoms with Gasteiger partial charge < -0.3 is 15.1 Å². The van der Waals surface area contributed by atoms with Gasteiger partial charge in [0.2, 0.25) is 0 Å². The molecule has 3 aromatic rings. The molecule has 0 fully saturated rings. The molecule has 0 saturated heterocycles. The largest absolute Gasteiger partial charge is 0.455 e. The van der Waals surface area contributed by atoms with Crippen molar-refractivity contribution < 1.29 is 9.21 Å². The van der Waals surface area contributed by atoms with Gasteiger partial charge in [0.05, 0.1) is 16.4 Å². The number of hydrogen-bond donors (Lipinski definition) is 3. The van der Waals surface area contributed by atoms with Crippen molar-refractivity contribution in [2.75, 3.05) is 10.6 Å². The van der Waals surface area contributed by atoms with Crippen LogP contribution in [0.1, 0.15) is 40.3 Å². The summed E-state index contributed by atoms with van der Waals surface area (Å²) in [5.74, 6) is 0.689. The highest BCUT2D eigenvalue weighted by Gasteiger charge is 2.28. The number of nitrogens with zero attached hydrogens (tertiary/aromatic N) is 1. The fraction of sp³-hybridized carbons (Fsp3) is 0.174. The molecule has 1 aliphatic carbocycles. The van der Waals surface area contributed by atoms with Crippen LogP contribution in [0.4, 0.5) is 11.4 Å². The van der Waals surface area contributed by atoms with E-state index in [0.29, 0.717) is 15.8 Å². The number of rotatable bonds is 4. The quantitative estimate of drug-likeness (QED) is 0.359. The number of benzene rings is 2. The maximum absolute atomic E-state index is 12.8. The van der Waals surface area contributed by atoms with Gasteiger partial charge >= 0.3 is 0 Å². The highest BCUT2D eigenvalue weighted by Crippen LogP contribution is 2.31. The molecule has 8 heteroatoms. The summed E-state index contributed by atoms with van der Waals surface area (Å²) < 4.78 is 5.93. The molecule has 6 nitrogen and oxygen atoms in total. The Morgan fingerprint density at radius 1 is 1.06 bits per heavy atom. The summed E-state index contributed by atoms with van der Waals surface area (Å²) in [6.45, 7) is 1.87. The average molecular weight is 453 g/mol. The summed E-state index contributed by atoms with van der Waals surface area (Å²) >= 11 is 11.5. The van der Waals surface area contributed by atoms with Gasteiger partial charge in [0.25, 0.3) is 5.91 Å². The summed E-state index contributed by atoms with van der Waals surface area (Å²) in [5.41, 5.74) is 6.75. The minimum absolute atomic E-state index is 0.268. The van der Waals surface area contributed by atoms with E-state index in [1.54, 1.807) is 12.1 Å². The van der Waals surface area contributed by atoms with E-state index in [4.69, 9.17) is 28.2 Å². The molecule has 0 aliphatic heterocycles. The second kappa shape index (κ2) is 9.32. The molecule has 4 rings (SSSR count). The third-order valence-corrected chi connectivity index (χ3v) is 5.50. The first-order chi connectivity index (χ1) is 15.0. The number of para-hydroxylation sites is 2. The first-order valence-corrected chi connectivity index (χ1v) is 10.7. The number of carbonyl (C=O) groups is 1. The number of fused-ring (bicyclic) bond motifs is 1. The fourth-order valence-electron chi connectivity index (χ4n) is 3.54. The highest BCUT2D eigenvalue weighted by atomic mass is 35.5. The van der Waals surface area contributed by atoms with Crippen LogP contribution >= 0.6 is 23.8 Å². The SMILES string of the molecule is Cc1c(C(=O)Nc2ccccc2Cl)oc2c1/C(=N/NC(=S)Nc1ccccc1)CCC2. The smallest absolute Gasteiger partial charge is 0.291 e. The summed E-state index contributed by atoms with van der Waals surface area (Å²) in [5, 5.41) is 11.3. The molecule has 0 saturated carbocycles. The maximum Gasteiger partial charge on any atom is 0.291 e. The summed E-state index contributed by atoms with van der Waals surface area (Å²) in [4.78, 5) is 12.8. The molecular formula is C23H21ClN4O2S. The van der Waals surface area contributed by atoms with Gasteiger partial charge in [-0.1, -0.05) is 41.9 Å². The van der Waals surface area contributed by atoms with Gasteiger partial charge in [-0.05, 0) is 56.2 Å². The number of furan rings is 1. The first-order valence-electron chi connectivity index (χ1n) is 9.90. The summed E-state index contributed by atoms with van der Waals surface area (Å²) in [6, 6.07) is 16.7. The van der Waals surface area contributed by atoms with Crippen LogP contribution in [-0.2, 0) is 6.42 Å². The molecule has 158 valence electrons. The zero-order chi connectivity index (χ0) is 21.8. The molecule has 0 atom stereocenters. The van der Waals surface area contributed by atoms with Crippen molar-refractivity contribution in [1.29, 1.82) is 0 Å². The number of thiocarbonyl (C=S) groups is 1. The molecule has 1 heterocycles. The average Bonchev–Trinajstić information content (AvgIpc) is 3.12. The van der Waals surface area contributed by atoms with Crippen LogP contribution in [0.3, 0.4) is 0 Å². The third kappa shape index (κ3) is 4.78. The minimum atomic E-state index is -0.339. The van der Waals surface area contributed by atoms with Gasteiger partial charge in [0.15, 0.2) is 10.9 Å². The molecule has 2 aromatic carbocycles. The van der Waals surface area contributed by atoms with E-state index in [0.717, 1.165) is 47.5 Å². The van der Waals surface area contributed by atoms with Crippen molar-refractivity contribution in [2.45, 2.75) is 26.2 Å². The van der Waals surface area contributed by atoms with Crippen molar-refractivity contribution in [3.05, 3.63) is 82.3 Å². The van der Waals surface area contributed by atoms with Crippen molar-refractivity contribution in [1.82, 2.24) is 5.43 Å². The topological polar surface area (TPSA) is 78.7 Å². The Bertz CT molecular complexity index is 1160. The van der Waals surface area contributed by atoms with Crippen molar-refractivity contribution in [3.8, 4) is 0 Å². The second-order valence-corrected chi connectivity index (χ2v) is 7.95. The number of hydrazone groups is 1. The maximum atomic E-state index is 12.8. The number of halogens is 1. The molecule has 1 aromatic heterocycles. The number of amides is 1. The van der Waals surface area contributed by atoms with Crippen LogP contribution in [0.2, 0.25) is 5.02 Å². The predicted molar refractivity (Wildman–Crippen MR) is 128 cm³/mol. The second-order valence-electron chi connectivity index (χ2n) is 7.13. The van der Waals surface area contributed by atoms with E-state index in [-0.39, 0.29) is 11.7 Å². The highest BCUT2D eigenvalue weighted by molar-refractivity contribution is 7.80. The van der Waals surface area contributed by atoms with Crippen LogP contribution in [0.5, 0.6) is 0 Å². The Morgan fingerprint density at radius 2 is 1.81 bits per heavy atom. The van der Waals surface area contributed by atoms with E-state index in [1.807, 2.05) is 49.4 Å². The zero-order valence-corrected chi connectivity index (χ0v) is 18.4. The molecule has 1 aliphatic rings. The summed E-state index contributed by atoms with van der Waals surface area (Å²) in [7, 11) is 0. The first kappa shape index (κ1) is 21.1. The molecule has 0 spiro atoms. The Morgan fingerprint density at radius 3 is 2.58 bits per heavy atom. The molecule has 1 amide bonds. The van der Waals surface area contributed by atoms with E-state index in [9.17, 15) is 4.79 Å². The Balaban J connectivity index is 1.52. The number of nitrogens with one attached hydrogen (secondary N) is 3. The number of aryl methyl sites for hydroxylation is 1. The van der Waals surface area contributed by atoms with Gasteiger partial charge in [0.1, 0.15) is 5.76 Å². The molecule has 31 heavy (non-hydrogen) atoms. The number of anilines is 2. The molecule has 3 N–H and O–H groups in total. The van der Waals surface area contributed by atoms with Gasteiger partial charge in [0, 0.05) is 23.2 Å². The van der Waals surface area contributed by atoms with Crippen LogP contribution < -0.4 is 16.1 Å². The molecular weight excluding hydrogens is 432 g/mol. The predicted octanol–water partition coefficient (Wildman–Crippen LogP) is 5.52. The lowest BCUT2D eigenvalue weighted by atomic mass is 9.93. The lowest BCUT2D eigenvalue weighted by Gasteiger charge is -2.14. The van der Waals surface area contributed by atoms with E-state index >= 15 is 0 Å². The zero-order valence-electron chi connectivity index (χ0n) is 16.9. The van der Waals surface area contributed by atoms with Crippen LogP contribution in [-0.4, -0.2) is 16.7 Å². The Labute approximate surface area is 190 Å². The van der Waals surface area contributed by atoms with Gasteiger partial charge in [-0.15, -0.1) is 0 Å². The third-order valence-electron chi connectivity index (χ3n) is 4.98. The van der Waals surface area contributed by atoms with Crippen LogP contribution in [0.25, 0.3) is 0 Å². The van der Waals surface area contributed by atoms with E-state index in [1.165, 1.54) is 0 Å². The van der Waals surface area contributed by atoms with E-state index < -0.39 is 0 Å². The lowest BCUT2D eigenvalue weighted by molar-refractivity contribution is 0.0994. The van der Waals surface area contributed by atoms with Crippen molar-refractivity contribution in [3.63, 3.8) is 0 Å². The Kier molecular flexibility index (Phi) is 6.34. The standard InChI is InChI=1S/C23H21ClN4O2S/c1-14-20-18(27-28-23(31)25-15-8-3-2-4-9-15)12-7-13-19(20)30-21(14)22(29)26-17-11-6-5-10-16(17)24/h2-6,8-11H,7,12-13H2,1H3,(H,26,29)(H2,25,28,31)/b27-18+. The van der Waals surface area contributed by atoms with Crippen molar-refractivity contribution >= 4 is 51.9 Å². The van der Waals surface area contributed by atoms with Gasteiger partial charge in [-0.3, -0.25) is 10.2 Å². The summed E-state index contributed by atoms with van der Waals surface area (Å²) in [6.07, 6.45) is 2.39. The number of carbonyl (C=O) groups excluding carboxylic acids is 1. The van der Waals surface area contributed by atoms with Crippen molar-refractivity contribution in [2.24, 2.45) is 5.10 Å². The normalized spacial score (nSPS) is 14.1.